The zero-order valence-corrected chi connectivity index (χ0v) is 7.32. The van der Waals surface area contributed by atoms with Gasteiger partial charge in [-0.1, -0.05) is 13.2 Å². The normalized spacial score (nSPS) is 35.9. The van der Waals surface area contributed by atoms with Gasteiger partial charge in [0.25, 0.3) is 0 Å². The van der Waals surface area contributed by atoms with Crippen LogP contribution < -0.4 is 0 Å². The summed E-state index contributed by atoms with van der Waals surface area (Å²) in [4.78, 5) is 13.1. The smallest absolute Gasteiger partial charge is 0.321 e. The molecule has 0 aromatic heterocycles. The lowest BCUT2D eigenvalue weighted by Crippen LogP contribution is -2.40. The monoisotopic (exact) mass is 166 g/mol. The average Bonchev–Trinajstić information content (AvgIpc) is 2.44. The summed E-state index contributed by atoms with van der Waals surface area (Å²) in [5, 5.41) is 0. The van der Waals surface area contributed by atoms with Gasteiger partial charge in [-0.25, -0.2) is 0 Å². The number of carbonyl (C=O) groups is 1. The quantitative estimate of drug-likeness (QED) is 0.419. The molecule has 2 heterocycles. The highest BCUT2D eigenvalue weighted by Gasteiger charge is 2.39. The minimum atomic E-state index is -0.0613. The molecule has 2 aliphatic heterocycles. The van der Waals surface area contributed by atoms with Crippen LogP contribution in [0.15, 0.2) is 0 Å². The van der Waals surface area contributed by atoms with Crippen LogP contribution in [-0.2, 0) is 9.53 Å². The predicted octanol–water partition coefficient (Wildman–Crippen LogP) is 0.506. The van der Waals surface area contributed by atoms with E-state index in [1.54, 1.807) is 0 Å². The number of ether oxygens (including phenoxy) is 1. The largest absolute Gasteiger partial charge is 0.446 e. The number of fused-ring (bicyclic) bond motifs is 1. The summed E-state index contributed by atoms with van der Waals surface area (Å²) in [7, 11) is 2.15. The Morgan fingerprint density at radius 1 is 1.67 bits per heavy atom. The molecule has 2 unspecified atom stereocenters. The minimum Gasteiger partial charge on any atom is -0.446 e. The first kappa shape index (κ1) is 8.11. The number of carbonyl (C=O) groups excluding carboxylic acids is 1. The third kappa shape index (κ3) is 1.24. The maximum Gasteiger partial charge on any atom is 0.321 e. The summed E-state index contributed by atoms with van der Waals surface area (Å²) in [6.45, 7) is 3.55. The van der Waals surface area contributed by atoms with Crippen LogP contribution in [0.1, 0.15) is 12.8 Å². The van der Waals surface area contributed by atoms with Crippen LogP contribution in [-0.4, -0.2) is 37.5 Å². The van der Waals surface area contributed by atoms with E-state index in [0.717, 1.165) is 13.0 Å². The number of nitrogens with zero attached hydrogens (tertiary/aromatic N) is 1. The molecule has 0 N–H and O–H groups in total. The number of hydrogen-bond donors (Lipinski definition) is 0. The van der Waals surface area contributed by atoms with Crippen LogP contribution >= 0.6 is 0 Å². The van der Waals surface area contributed by atoms with E-state index in [0.29, 0.717) is 12.4 Å². The molecule has 2 fully saturated rings. The van der Waals surface area contributed by atoms with E-state index >= 15 is 0 Å². The van der Waals surface area contributed by atoms with Crippen molar-refractivity contribution >= 4 is 13.2 Å². The second-order valence-corrected chi connectivity index (χ2v) is 3.49. The summed E-state index contributed by atoms with van der Waals surface area (Å²) < 4.78 is 5.22. The van der Waals surface area contributed by atoms with E-state index in [9.17, 15) is 4.79 Å². The van der Waals surface area contributed by atoms with Gasteiger partial charge in [0.05, 0.1) is 6.54 Å². The van der Waals surface area contributed by atoms with Crippen LogP contribution in [0.5, 0.6) is 0 Å². The van der Waals surface area contributed by atoms with E-state index < -0.39 is 0 Å². The van der Waals surface area contributed by atoms with Crippen LogP contribution in [0.25, 0.3) is 0 Å². The van der Waals surface area contributed by atoms with Gasteiger partial charge < -0.3 is 4.74 Å². The second-order valence-electron chi connectivity index (χ2n) is 3.49. The third-order valence-corrected chi connectivity index (χ3v) is 2.72. The zero-order valence-electron chi connectivity index (χ0n) is 7.32. The Bertz CT molecular complexity index is 197. The van der Waals surface area contributed by atoms with Crippen molar-refractivity contribution in [3.05, 3.63) is 0 Å². The first-order valence-electron chi connectivity index (χ1n) is 4.54. The molecule has 2 rings (SSSR count). The number of esters is 1. The molecular weight excluding hydrogens is 153 g/mol. The molecule has 2 aliphatic rings. The number of hydrogen-bond acceptors (Lipinski definition) is 3. The Morgan fingerprint density at radius 3 is 3.25 bits per heavy atom. The highest BCUT2D eigenvalue weighted by Crippen LogP contribution is 2.31. The summed E-state index contributed by atoms with van der Waals surface area (Å²) in [6.07, 6.45) is 2.39. The lowest BCUT2D eigenvalue weighted by atomic mass is 9.63. The fraction of sp³-hybridized carbons (Fsp3) is 0.875. The van der Waals surface area contributed by atoms with Gasteiger partial charge >= 0.3 is 5.97 Å². The lowest BCUT2D eigenvalue weighted by molar-refractivity contribution is -0.142. The van der Waals surface area contributed by atoms with E-state index in [2.05, 4.69) is 12.2 Å². The Kier molecular flexibility index (Phi) is 2.09. The molecule has 0 spiro atoms. The predicted molar refractivity (Wildman–Crippen MR) is 46.1 cm³/mol. The van der Waals surface area contributed by atoms with Gasteiger partial charge in [-0.3, -0.25) is 9.69 Å². The topological polar surface area (TPSA) is 29.5 Å². The second kappa shape index (κ2) is 3.09. The Morgan fingerprint density at radius 2 is 2.50 bits per heavy atom. The van der Waals surface area contributed by atoms with Gasteiger partial charge in [-0.15, -0.1) is 0 Å². The molecule has 0 bridgehead atoms. The Balaban J connectivity index is 2.07. The van der Waals surface area contributed by atoms with Gasteiger partial charge in [0, 0.05) is 6.54 Å². The van der Waals surface area contributed by atoms with Crippen LogP contribution in [0, 0.1) is 0 Å². The molecule has 4 heteroatoms. The molecule has 0 aliphatic carbocycles. The van der Waals surface area contributed by atoms with Gasteiger partial charge in [0.2, 0.25) is 0 Å². The average molecular weight is 166 g/mol. The van der Waals surface area contributed by atoms with Crippen LogP contribution in [0.3, 0.4) is 0 Å². The zero-order chi connectivity index (χ0) is 8.55. The van der Waals surface area contributed by atoms with E-state index in [4.69, 9.17) is 4.74 Å². The highest BCUT2D eigenvalue weighted by molar-refractivity contribution is 6.36. The van der Waals surface area contributed by atoms with E-state index in [-0.39, 0.29) is 12.2 Å². The lowest BCUT2D eigenvalue weighted by Gasteiger charge is -2.33. The van der Waals surface area contributed by atoms with Crippen molar-refractivity contribution in [2.45, 2.75) is 31.7 Å². The standard InChI is InChI=1S/C8H13BNO2/c1-9-6-3-2-4-10-5-7(11)12-8(6)10/h6,8H,2-5H2,1H3. The van der Waals surface area contributed by atoms with Gasteiger partial charge in [0.15, 0.2) is 6.23 Å². The molecular formula is C8H13BNO2. The van der Waals surface area contributed by atoms with E-state index in [1.165, 1.54) is 6.42 Å². The van der Waals surface area contributed by atoms with Crippen molar-refractivity contribution in [1.82, 2.24) is 4.90 Å². The first-order valence-corrected chi connectivity index (χ1v) is 4.54. The minimum absolute atomic E-state index is 0.0521. The van der Waals surface area contributed by atoms with Crippen molar-refractivity contribution in [3.8, 4) is 0 Å². The molecule has 12 heavy (non-hydrogen) atoms. The molecule has 0 saturated carbocycles. The summed E-state index contributed by atoms with van der Waals surface area (Å²) in [5.41, 5.74) is 0. The van der Waals surface area contributed by atoms with Crippen molar-refractivity contribution in [2.75, 3.05) is 13.1 Å². The molecule has 3 nitrogen and oxygen atoms in total. The highest BCUT2D eigenvalue weighted by atomic mass is 16.6. The number of piperidine rings is 1. The fourth-order valence-electron chi connectivity index (χ4n) is 2.07. The SMILES string of the molecule is C[B]C1CCCN2CC(=O)OC12. The van der Waals surface area contributed by atoms with Crippen molar-refractivity contribution < 1.29 is 9.53 Å². The number of rotatable bonds is 1. The Hall–Kier alpha value is -0.505. The van der Waals surface area contributed by atoms with Gasteiger partial charge in [0.1, 0.15) is 7.28 Å². The summed E-state index contributed by atoms with van der Waals surface area (Å²) in [6, 6.07) is 0. The molecule has 0 amide bonds. The molecule has 0 aromatic rings. The molecule has 2 saturated heterocycles. The van der Waals surface area contributed by atoms with Crippen molar-refractivity contribution in [3.63, 3.8) is 0 Å². The van der Waals surface area contributed by atoms with Gasteiger partial charge in [-0.05, 0) is 12.2 Å². The summed E-state index contributed by atoms with van der Waals surface area (Å²) in [5.74, 6) is 0.388. The van der Waals surface area contributed by atoms with Crippen molar-refractivity contribution in [1.29, 1.82) is 0 Å². The maximum atomic E-state index is 11.0. The molecule has 1 radical (unpaired) electrons. The molecule has 2 atom stereocenters. The fourth-order valence-corrected chi connectivity index (χ4v) is 2.07. The Labute approximate surface area is 73.3 Å². The third-order valence-electron chi connectivity index (χ3n) is 2.72. The molecule has 65 valence electrons. The van der Waals surface area contributed by atoms with Gasteiger partial charge in [-0.2, -0.15) is 0 Å². The summed E-state index contributed by atoms with van der Waals surface area (Å²) >= 11 is 0. The maximum absolute atomic E-state index is 11.0. The van der Waals surface area contributed by atoms with E-state index in [1.807, 2.05) is 6.82 Å². The molecule has 0 aromatic carbocycles. The van der Waals surface area contributed by atoms with Crippen molar-refractivity contribution in [2.24, 2.45) is 0 Å². The van der Waals surface area contributed by atoms with Crippen LogP contribution in [0.4, 0.5) is 0 Å². The van der Waals surface area contributed by atoms with Crippen LogP contribution in [0.2, 0.25) is 12.6 Å². The first-order chi connectivity index (χ1) is 5.81.